The molecule has 1 heteroatoms. The van der Waals surface area contributed by atoms with Crippen LogP contribution in [0.25, 0.3) is 12.2 Å². The normalized spacial score (nSPS) is 10.9. The maximum absolute atomic E-state index is 5.93. The summed E-state index contributed by atoms with van der Waals surface area (Å²) in [5.41, 5.74) is 5.56. The topological polar surface area (TPSA) is 0 Å². The zero-order valence-corrected chi connectivity index (χ0v) is 10.3. The van der Waals surface area contributed by atoms with Crippen LogP contribution in [0.5, 0.6) is 0 Å². The van der Waals surface area contributed by atoms with E-state index in [1.807, 2.05) is 32.0 Å². The van der Waals surface area contributed by atoms with Gasteiger partial charge in [-0.3, -0.25) is 0 Å². The number of rotatable bonds is 2. The highest BCUT2D eigenvalue weighted by Gasteiger charge is 1.97. The highest BCUT2D eigenvalue weighted by molar-refractivity contribution is 6.34. The molecule has 2 radical (unpaired) electrons. The van der Waals surface area contributed by atoms with Crippen molar-refractivity contribution in [1.82, 2.24) is 0 Å². The van der Waals surface area contributed by atoms with Gasteiger partial charge < -0.3 is 0 Å². The van der Waals surface area contributed by atoms with Crippen molar-refractivity contribution in [3.8, 4) is 0 Å². The van der Waals surface area contributed by atoms with Crippen LogP contribution in [0.3, 0.4) is 0 Å². The first kappa shape index (κ1) is 11.7. The second-order valence-electron chi connectivity index (χ2n) is 4.31. The van der Waals surface area contributed by atoms with Gasteiger partial charge in [-0.05, 0) is 25.0 Å². The largest absolute Gasteiger partial charge is 0.114 e. The van der Waals surface area contributed by atoms with E-state index in [1.165, 1.54) is 11.1 Å². The molecule has 0 aliphatic carbocycles. The SMILES string of the molecule is [B]c1c(C)cc(C=Cc2ccccc2)cc1C. The highest BCUT2D eigenvalue weighted by atomic mass is 14.0. The van der Waals surface area contributed by atoms with E-state index in [4.69, 9.17) is 7.85 Å². The Morgan fingerprint density at radius 2 is 1.35 bits per heavy atom. The molecule has 0 aromatic heterocycles. The number of aryl methyl sites for hydroxylation is 2. The summed E-state index contributed by atoms with van der Waals surface area (Å²) in [6.07, 6.45) is 4.24. The van der Waals surface area contributed by atoms with E-state index in [9.17, 15) is 0 Å². The van der Waals surface area contributed by atoms with Crippen LogP contribution >= 0.6 is 0 Å². The molecule has 82 valence electrons. The van der Waals surface area contributed by atoms with Gasteiger partial charge in [0.25, 0.3) is 0 Å². The average molecular weight is 218 g/mol. The molecule has 2 aromatic rings. The zero-order chi connectivity index (χ0) is 12.3. The van der Waals surface area contributed by atoms with Gasteiger partial charge in [-0.2, -0.15) is 0 Å². The molecule has 0 unspecified atom stereocenters. The molecule has 0 amide bonds. The minimum Gasteiger partial charge on any atom is -0.0909 e. The first-order valence-electron chi connectivity index (χ1n) is 5.76. The Bertz CT molecular complexity index is 516. The summed E-state index contributed by atoms with van der Waals surface area (Å²) >= 11 is 0. The molecule has 0 atom stereocenters. The summed E-state index contributed by atoms with van der Waals surface area (Å²) in [7, 11) is 5.93. The summed E-state index contributed by atoms with van der Waals surface area (Å²) < 4.78 is 0. The smallest absolute Gasteiger partial charge is 0.0909 e. The van der Waals surface area contributed by atoms with Gasteiger partial charge in [-0.25, -0.2) is 0 Å². The van der Waals surface area contributed by atoms with E-state index in [1.54, 1.807) is 0 Å². The van der Waals surface area contributed by atoms with Gasteiger partial charge in [0, 0.05) is 0 Å². The van der Waals surface area contributed by atoms with Crippen LogP contribution in [0.4, 0.5) is 0 Å². The number of benzene rings is 2. The van der Waals surface area contributed by atoms with Crippen molar-refractivity contribution in [1.29, 1.82) is 0 Å². The van der Waals surface area contributed by atoms with Crippen LogP contribution < -0.4 is 5.46 Å². The molecule has 0 aliphatic rings. The number of hydrogen-bond donors (Lipinski definition) is 0. The van der Waals surface area contributed by atoms with Crippen LogP contribution in [-0.2, 0) is 0 Å². The standard InChI is InChI=1S/C16H15B/c1-12-10-15(11-13(2)16(12)17)9-8-14-6-4-3-5-7-14/h3-11H,1-2H3. The molecule has 0 saturated heterocycles. The molecule has 0 aliphatic heterocycles. The van der Waals surface area contributed by atoms with Gasteiger partial charge in [-0.15, -0.1) is 0 Å². The molecule has 0 saturated carbocycles. The van der Waals surface area contributed by atoms with Gasteiger partial charge in [0.05, 0.1) is 0 Å². The Labute approximate surface area is 104 Å². The minimum atomic E-state index is 0.891. The van der Waals surface area contributed by atoms with Crippen molar-refractivity contribution in [2.75, 3.05) is 0 Å². The monoisotopic (exact) mass is 218 g/mol. The zero-order valence-electron chi connectivity index (χ0n) is 10.3. The summed E-state index contributed by atoms with van der Waals surface area (Å²) in [5, 5.41) is 0. The van der Waals surface area contributed by atoms with Crippen LogP contribution in [0.2, 0.25) is 0 Å². The third kappa shape index (κ3) is 2.88. The fourth-order valence-corrected chi connectivity index (χ4v) is 1.86. The molecular weight excluding hydrogens is 203 g/mol. The molecule has 0 heterocycles. The summed E-state index contributed by atoms with van der Waals surface area (Å²) in [5.74, 6) is 0. The Morgan fingerprint density at radius 3 is 1.94 bits per heavy atom. The molecule has 0 bridgehead atoms. The van der Waals surface area contributed by atoms with Gasteiger partial charge >= 0.3 is 0 Å². The lowest BCUT2D eigenvalue weighted by molar-refractivity contribution is 1.42. The van der Waals surface area contributed by atoms with E-state index in [0.717, 1.165) is 16.6 Å². The molecule has 2 aromatic carbocycles. The molecular formula is C16H15B. The van der Waals surface area contributed by atoms with Gasteiger partial charge in [-0.1, -0.05) is 71.2 Å². The van der Waals surface area contributed by atoms with Crippen molar-refractivity contribution in [2.24, 2.45) is 0 Å². The maximum Gasteiger partial charge on any atom is 0.114 e. The van der Waals surface area contributed by atoms with Crippen molar-refractivity contribution in [3.63, 3.8) is 0 Å². The van der Waals surface area contributed by atoms with Crippen molar-refractivity contribution in [2.45, 2.75) is 13.8 Å². The molecule has 17 heavy (non-hydrogen) atoms. The van der Waals surface area contributed by atoms with Crippen LogP contribution in [0.15, 0.2) is 42.5 Å². The second-order valence-corrected chi connectivity index (χ2v) is 4.31. The fourth-order valence-electron chi connectivity index (χ4n) is 1.86. The van der Waals surface area contributed by atoms with Crippen LogP contribution in [0.1, 0.15) is 22.3 Å². The Balaban J connectivity index is 2.28. The van der Waals surface area contributed by atoms with E-state index in [-0.39, 0.29) is 0 Å². The van der Waals surface area contributed by atoms with Gasteiger partial charge in [0.15, 0.2) is 0 Å². The molecule has 2 rings (SSSR count). The number of hydrogen-bond acceptors (Lipinski definition) is 0. The lowest BCUT2D eigenvalue weighted by atomic mass is 9.85. The van der Waals surface area contributed by atoms with E-state index >= 15 is 0 Å². The Kier molecular flexibility index (Phi) is 3.48. The van der Waals surface area contributed by atoms with Crippen molar-refractivity contribution in [3.05, 3.63) is 64.7 Å². The second kappa shape index (κ2) is 5.05. The minimum absolute atomic E-state index is 0.891. The van der Waals surface area contributed by atoms with Crippen LogP contribution in [-0.4, -0.2) is 7.85 Å². The fraction of sp³-hybridized carbons (Fsp3) is 0.125. The highest BCUT2D eigenvalue weighted by Crippen LogP contribution is 2.10. The van der Waals surface area contributed by atoms with E-state index in [0.29, 0.717) is 0 Å². The summed E-state index contributed by atoms with van der Waals surface area (Å²) in [6.45, 7) is 4.09. The third-order valence-corrected chi connectivity index (χ3v) is 2.88. The molecule has 0 spiro atoms. The predicted molar refractivity (Wildman–Crippen MR) is 76.7 cm³/mol. The summed E-state index contributed by atoms with van der Waals surface area (Å²) in [6, 6.07) is 14.5. The first-order valence-corrected chi connectivity index (χ1v) is 5.76. The summed E-state index contributed by atoms with van der Waals surface area (Å²) in [4.78, 5) is 0. The third-order valence-electron chi connectivity index (χ3n) is 2.88. The predicted octanol–water partition coefficient (Wildman–Crippen LogP) is 3.27. The van der Waals surface area contributed by atoms with Gasteiger partial charge in [0.1, 0.15) is 7.85 Å². The van der Waals surface area contributed by atoms with Crippen molar-refractivity contribution >= 4 is 25.5 Å². The molecule has 0 nitrogen and oxygen atoms in total. The maximum atomic E-state index is 5.93. The van der Waals surface area contributed by atoms with Crippen molar-refractivity contribution < 1.29 is 0 Å². The average Bonchev–Trinajstić information content (AvgIpc) is 2.34. The Morgan fingerprint density at radius 1 is 0.824 bits per heavy atom. The lowest BCUT2D eigenvalue weighted by Gasteiger charge is -2.06. The Hall–Kier alpha value is -1.76. The van der Waals surface area contributed by atoms with E-state index in [2.05, 4.69) is 36.4 Å². The van der Waals surface area contributed by atoms with Gasteiger partial charge in [0.2, 0.25) is 0 Å². The molecule has 0 N–H and O–H groups in total. The molecule has 0 fully saturated rings. The van der Waals surface area contributed by atoms with Crippen LogP contribution in [0, 0.1) is 13.8 Å². The van der Waals surface area contributed by atoms with E-state index < -0.39 is 0 Å². The first-order chi connectivity index (χ1) is 8.16. The lowest BCUT2D eigenvalue weighted by Crippen LogP contribution is -2.11. The quantitative estimate of drug-likeness (QED) is 0.536.